The van der Waals surface area contributed by atoms with Gasteiger partial charge in [0.05, 0.1) is 6.10 Å². The molecule has 2 rings (SSSR count). The molecule has 17 heavy (non-hydrogen) atoms. The fraction of sp³-hybridized carbons (Fsp3) is 0.250. The van der Waals surface area contributed by atoms with Gasteiger partial charge in [-0.2, -0.15) is 0 Å². The monoisotopic (exact) mass is 249 g/mol. The van der Waals surface area contributed by atoms with Crippen LogP contribution in [-0.4, -0.2) is 11.1 Å². The lowest BCUT2D eigenvalue weighted by Crippen LogP contribution is -2.06. The molecule has 0 aliphatic rings. The molecule has 0 unspecified atom stereocenters. The van der Waals surface area contributed by atoms with Crippen LogP contribution in [0.1, 0.15) is 13.8 Å². The highest BCUT2D eigenvalue weighted by molar-refractivity contribution is 7.13. The van der Waals surface area contributed by atoms with Crippen LogP contribution in [0.4, 0.5) is 5.82 Å². The maximum atomic E-state index is 5.58. The number of anilines is 1. The minimum Gasteiger partial charge on any atom is -0.491 e. The van der Waals surface area contributed by atoms with Gasteiger partial charge in [-0.3, -0.25) is 0 Å². The predicted octanol–water partition coefficient (Wildman–Crippen LogP) is 2.88. The Kier molecular flexibility index (Phi) is 3.61. The summed E-state index contributed by atoms with van der Waals surface area (Å²) < 4.78 is 5.58. The maximum Gasteiger partial charge on any atom is 0.151 e. The first-order chi connectivity index (χ1) is 8.19. The van der Waals surface area contributed by atoms with Crippen molar-refractivity contribution in [1.29, 1.82) is 0 Å². The molecule has 0 spiro atoms. The van der Waals surface area contributed by atoms with Crippen molar-refractivity contribution < 1.29 is 4.74 Å². The summed E-state index contributed by atoms with van der Waals surface area (Å²) in [5, 5.41) is 2.82. The Labute approximate surface area is 104 Å². The lowest BCUT2D eigenvalue weighted by atomic mass is 10.2. The van der Waals surface area contributed by atoms with Crippen molar-refractivity contribution >= 4 is 17.2 Å². The van der Waals surface area contributed by atoms with Gasteiger partial charge in [0.2, 0.25) is 0 Å². The summed E-state index contributed by atoms with van der Waals surface area (Å²) in [7, 11) is 0. The number of nitrogens with one attached hydrogen (secondary N) is 1. The van der Waals surface area contributed by atoms with Gasteiger partial charge in [-0.15, -0.1) is 11.3 Å². The second kappa shape index (κ2) is 5.16. The van der Waals surface area contributed by atoms with Crippen LogP contribution in [0.2, 0.25) is 0 Å². The van der Waals surface area contributed by atoms with Crippen molar-refractivity contribution in [3.05, 3.63) is 29.6 Å². The predicted molar refractivity (Wildman–Crippen MR) is 71.1 cm³/mol. The third kappa shape index (κ3) is 2.95. The molecule has 1 heterocycles. The van der Waals surface area contributed by atoms with E-state index in [-0.39, 0.29) is 6.10 Å². The normalized spacial score (nSPS) is 10.6. The van der Waals surface area contributed by atoms with Crippen LogP contribution in [-0.2, 0) is 0 Å². The second-order valence-corrected chi connectivity index (χ2v) is 4.73. The molecule has 1 aromatic carbocycles. The van der Waals surface area contributed by atoms with Crippen molar-refractivity contribution in [2.45, 2.75) is 20.0 Å². The number of benzene rings is 1. The molecule has 90 valence electrons. The van der Waals surface area contributed by atoms with Gasteiger partial charge in [0.15, 0.2) is 5.82 Å². The van der Waals surface area contributed by atoms with E-state index in [2.05, 4.69) is 10.4 Å². The molecule has 0 atom stereocenters. The van der Waals surface area contributed by atoms with Gasteiger partial charge in [0.25, 0.3) is 0 Å². The van der Waals surface area contributed by atoms with Crippen LogP contribution in [0, 0.1) is 0 Å². The molecule has 5 heteroatoms. The average Bonchev–Trinajstić information content (AvgIpc) is 2.78. The fourth-order valence-corrected chi connectivity index (χ4v) is 2.19. The van der Waals surface area contributed by atoms with E-state index < -0.39 is 0 Å². The quantitative estimate of drug-likeness (QED) is 0.646. The molecule has 4 nitrogen and oxygen atoms in total. The van der Waals surface area contributed by atoms with E-state index >= 15 is 0 Å². The Morgan fingerprint density at radius 3 is 2.53 bits per heavy atom. The van der Waals surface area contributed by atoms with Crippen LogP contribution in [0.25, 0.3) is 10.6 Å². The molecule has 0 aliphatic carbocycles. The number of thiazole rings is 1. The fourth-order valence-electron chi connectivity index (χ4n) is 1.42. The molecular weight excluding hydrogens is 234 g/mol. The van der Waals surface area contributed by atoms with Gasteiger partial charge in [0, 0.05) is 10.9 Å². The zero-order chi connectivity index (χ0) is 12.3. The van der Waals surface area contributed by atoms with Gasteiger partial charge >= 0.3 is 0 Å². The Morgan fingerprint density at radius 1 is 1.29 bits per heavy atom. The van der Waals surface area contributed by atoms with Crippen molar-refractivity contribution in [2.24, 2.45) is 5.84 Å². The standard InChI is InChI=1S/C12H15N3OS/c1-8(2)16-10-5-3-9(4-6-10)12-14-11(15-13)7-17-12/h3-8,15H,13H2,1-2H3. The number of hydrogen-bond donors (Lipinski definition) is 2. The minimum absolute atomic E-state index is 0.189. The van der Waals surface area contributed by atoms with Crippen LogP contribution >= 0.6 is 11.3 Å². The number of nitrogen functional groups attached to an aromatic ring is 1. The SMILES string of the molecule is CC(C)Oc1ccc(-c2nc(NN)cs2)cc1. The highest BCUT2D eigenvalue weighted by atomic mass is 32.1. The second-order valence-electron chi connectivity index (χ2n) is 3.87. The summed E-state index contributed by atoms with van der Waals surface area (Å²) in [5.74, 6) is 6.85. The number of nitrogens with zero attached hydrogens (tertiary/aromatic N) is 1. The minimum atomic E-state index is 0.189. The van der Waals surface area contributed by atoms with Gasteiger partial charge in [-0.05, 0) is 38.1 Å². The Bertz CT molecular complexity index is 479. The van der Waals surface area contributed by atoms with E-state index in [0.29, 0.717) is 5.82 Å². The average molecular weight is 249 g/mol. The summed E-state index contributed by atoms with van der Waals surface area (Å²) in [6.07, 6.45) is 0.189. The number of hydrogen-bond acceptors (Lipinski definition) is 5. The Balaban J connectivity index is 2.17. The summed E-state index contributed by atoms with van der Waals surface area (Å²) >= 11 is 1.55. The molecule has 1 aromatic heterocycles. The molecule has 0 amide bonds. The van der Waals surface area contributed by atoms with Crippen LogP contribution in [0.3, 0.4) is 0 Å². The highest BCUT2D eigenvalue weighted by Gasteiger charge is 2.04. The Morgan fingerprint density at radius 2 is 2.00 bits per heavy atom. The number of ether oxygens (including phenoxy) is 1. The zero-order valence-corrected chi connectivity index (χ0v) is 10.6. The number of hydrazine groups is 1. The van der Waals surface area contributed by atoms with Gasteiger partial charge in [-0.1, -0.05) is 0 Å². The van der Waals surface area contributed by atoms with Crippen molar-refractivity contribution in [1.82, 2.24) is 4.98 Å². The lowest BCUT2D eigenvalue weighted by Gasteiger charge is -2.09. The molecule has 2 aromatic rings. The molecular formula is C12H15N3OS. The number of rotatable bonds is 4. The highest BCUT2D eigenvalue weighted by Crippen LogP contribution is 2.27. The maximum absolute atomic E-state index is 5.58. The lowest BCUT2D eigenvalue weighted by molar-refractivity contribution is 0.242. The smallest absolute Gasteiger partial charge is 0.151 e. The molecule has 0 aliphatic heterocycles. The number of nitrogens with two attached hydrogens (primary N) is 1. The van der Waals surface area contributed by atoms with E-state index in [1.54, 1.807) is 11.3 Å². The van der Waals surface area contributed by atoms with Crippen molar-refractivity contribution in [3.63, 3.8) is 0 Å². The first-order valence-electron chi connectivity index (χ1n) is 5.38. The van der Waals surface area contributed by atoms with E-state index in [1.807, 2.05) is 43.5 Å². The number of aromatic nitrogens is 1. The third-order valence-corrected chi connectivity index (χ3v) is 3.02. The van der Waals surface area contributed by atoms with Crippen LogP contribution in [0.5, 0.6) is 5.75 Å². The van der Waals surface area contributed by atoms with Crippen molar-refractivity contribution in [3.8, 4) is 16.3 Å². The molecule has 0 saturated carbocycles. The molecule has 3 N–H and O–H groups in total. The van der Waals surface area contributed by atoms with Crippen LogP contribution in [0.15, 0.2) is 29.6 Å². The molecule has 0 fully saturated rings. The van der Waals surface area contributed by atoms with E-state index in [4.69, 9.17) is 10.6 Å². The van der Waals surface area contributed by atoms with Crippen molar-refractivity contribution in [2.75, 3.05) is 5.43 Å². The Hall–Kier alpha value is -1.59. The molecule has 0 saturated heterocycles. The summed E-state index contributed by atoms with van der Waals surface area (Å²) in [6, 6.07) is 7.90. The van der Waals surface area contributed by atoms with E-state index in [1.165, 1.54) is 0 Å². The first kappa shape index (κ1) is 11.9. The molecule has 0 bridgehead atoms. The van der Waals surface area contributed by atoms with Gasteiger partial charge in [-0.25, -0.2) is 10.8 Å². The van der Waals surface area contributed by atoms with E-state index in [9.17, 15) is 0 Å². The largest absolute Gasteiger partial charge is 0.491 e. The third-order valence-electron chi connectivity index (χ3n) is 2.13. The topological polar surface area (TPSA) is 60.2 Å². The summed E-state index contributed by atoms with van der Waals surface area (Å²) in [4.78, 5) is 4.33. The summed E-state index contributed by atoms with van der Waals surface area (Å²) in [6.45, 7) is 4.02. The molecule has 0 radical (unpaired) electrons. The first-order valence-corrected chi connectivity index (χ1v) is 6.26. The van der Waals surface area contributed by atoms with Crippen LogP contribution < -0.4 is 16.0 Å². The summed E-state index contributed by atoms with van der Waals surface area (Å²) in [5.41, 5.74) is 3.59. The zero-order valence-electron chi connectivity index (χ0n) is 9.81. The van der Waals surface area contributed by atoms with E-state index in [0.717, 1.165) is 16.3 Å². The van der Waals surface area contributed by atoms with Gasteiger partial charge in [0.1, 0.15) is 10.8 Å². The van der Waals surface area contributed by atoms with Gasteiger partial charge < -0.3 is 10.2 Å².